The third-order valence-corrected chi connectivity index (χ3v) is 5.18. The van der Waals surface area contributed by atoms with E-state index in [0.717, 1.165) is 12.8 Å². The van der Waals surface area contributed by atoms with Gasteiger partial charge in [0, 0.05) is 26.2 Å². The van der Waals surface area contributed by atoms with Crippen molar-refractivity contribution in [1.82, 2.24) is 9.80 Å². The minimum Gasteiger partial charge on any atom is -0.481 e. The van der Waals surface area contributed by atoms with Gasteiger partial charge in [-0.25, -0.2) is 4.79 Å². The first-order valence-electron chi connectivity index (χ1n) is 7.75. The maximum atomic E-state index is 12.5. The normalized spacial score (nSPS) is 27.6. The van der Waals surface area contributed by atoms with Gasteiger partial charge in [0.25, 0.3) is 0 Å². The summed E-state index contributed by atoms with van der Waals surface area (Å²) in [5.74, 6) is -0.768. The van der Waals surface area contributed by atoms with Gasteiger partial charge in [-0.05, 0) is 25.7 Å². The van der Waals surface area contributed by atoms with Gasteiger partial charge >= 0.3 is 12.0 Å². The number of likely N-dealkylation sites (tertiary alicyclic amines) is 1. The molecule has 1 unspecified atom stereocenters. The summed E-state index contributed by atoms with van der Waals surface area (Å²) in [5.41, 5.74) is -0.733. The number of hydrogen-bond acceptors (Lipinski definition) is 2. The Bertz CT molecular complexity index is 379. The minimum atomic E-state index is -0.768. The van der Waals surface area contributed by atoms with E-state index in [1.54, 1.807) is 4.90 Å². The number of carbonyl (C=O) groups is 2. The summed E-state index contributed by atoms with van der Waals surface area (Å²) in [4.78, 5) is 27.5. The van der Waals surface area contributed by atoms with Crippen molar-refractivity contribution in [2.24, 2.45) is 5.41 Å². The quantitative estimate of drug-likeness (QED) is 0.865. The lowest BCUT2D eigenvalue weighted by atomic mass is 9.84. The Labute approximate surface area is 120 Å². The molecule has 20 heavy (non-hydrogen) atoms. The third kappa shape index (κ3) is 2.76. The smallest absolute Gasteiger partial charge is 0.320 e. The van der Waals surface area contributed by atoms with Crippen LogP contribution in [0.5, 0.6) is 0 Å². The molecule has 2 aliphatic rings. The number of urea groups is 1. The number of carboxylic acid groups (broad SMARTS) is 1. The molecule has 0 aromatic heterocycles. The highest BCUT2D eigenvalue weighted by Crippen LogP contribution is 2.35. The Morgan fingerprint density at radius 1 is 1.30 bits per heavy atom. The standard InChI is InChI=1S/C15H26N2O3/c1-3-15(13(18)19)9-10-17(11-15)14(20)16(2)12-7-5-4-6-8-12/h12H,3-11H2,1-2H3,(H,18,19). The van der Waals surface area contributed by atoms with E-state index >= 15 is 0 Å². The predicted molar refractivity (Wildman–Crippen MR) is 76.6 cm³/mol. The van der Waals surface area contributed by atoms with E-state index < -0.39 is 11.4 Å². The van der Waals surface area contributed by atoms with Crippen LogP contribution in [0.15, 0.2) is 0 Å². The molecule has 2 amide bonds. The zero-order chi connectivity index (χ0) is 14.8. The van der Waals surface area contributed by atoms with Crippen LogP contribution in [0.2, 0.25) is 0 Å². The molecule has 1 aliphatic heterocycles. The van der Waals surface area contributed by atoms with Crippen molar-refractivity contribution in [3.05, 3.63) is 0 Å². The summed E-state index contributed by atoms with van der Waals surface area (Å²) in [6, 6.07) is 0.339. The average Bonchev–Trinajstić information content (AvgIpc) is 2.92. The largest absolute Gasteiger partial charge is 0.481 e. The van der Waals surface area contributed by atoms with Crippen molar-refractivity contribution in [3.63, 3.8) is 0 Å². The Balaban J connectivity index is 1.98. The van der Waals surface area contributed by atoms with E-state index in [4.69, 9.17) is 0 Å². The van der Waals surface area contributed by atoms with Crippen LogP contribution in [-0.4, -0.2) is 53.1 Å². The van der Waals surface area contributed by atoms with Crippen LogP contribution in [0.4, 0.5) is 4.79 Å². The van der Waals surface area contributed by atoms with Gasteiger partial charge in [0.05, 0.1) is 5.41 Å². The summed E-state index contributed by atoms with van der Waals surface area (Å²) < 4.78 is 0. The number of carbonyl (C=O) groups excluding carboxylic acids is 1. The number of amides is 2. The molecule has 0 radical (unpaired) electrons. The maximum Gasteiger partial charge on any atom is 0.320 e. The predicted octanol–water partition coefficient (Wildman–Crippen LogP) is 2.56. The summed E-state index contributed by atoms with van der Waals surface area (Å²) >= 11 is 0. The van der Waals surface area contributed by atoms with Gasteiger partial charge in [-0.3, -0.25) is 4.79 Å². The van der Waals surface area contributed by atoms with E-state index in [0.29, 0.717) is 32.0 Å². The second-order valence-electron chi connectivity index (χ2n) is 6.30. The molecule has 5 heteroatoms. The molecule has 1 atom stereocenters. The van der Waals surface area contributed by atoms with E-state index in [9.17, 15) is 14.7 Å². The van der Waals surface area contributed by atoms with Crippen molar-refractivity contribution in [2.75, 3.05) is 20.1 Å². The molecule has 2 fully saturated rings. The summed E-state index contributed by atoms with van der Waals surface area (Å²) in [6.07, 6.45) is 6.96. The first-order valence-corrected chi connectivity index (χ1v) is 7.75. The molecule has 0 spiro atoms. The molecule has 0 aromatic rings. The number of carboxylic acids is 1. The molecular weight excluding hydrogens is 256 g/mol. The fraction of sp³-hybridized carbons (Fsp3) is 0.867. The Morgan fingerprint density at radius 2 is 1.95 bits per heavy atom. The highest BCUT2D eigenvalue weighted by Gasteiger charge is 2.45. The second-order valence-corrected chi connectivity index (χ2v) is 6.30. The number of rotatable bonds is 3. The maximum absolute atomic E-state index is 12.5. The summed E-state index contributed by atoms with van der Waals surface area (Å²) in [7, 11) is 1.87. The fourth-order valence-electron chi connectivity index (χ4n) is 3.50. The Morgan fingerprint density at radius 3 is 2.45 bits per heavy atom. The molecule has 1 aliphatic carbocycles. The van der Waals surface area contributed by atoms with Crippen molar-refractivity contribution in [2.45, 2.75) is 57.9 Å². The van der Waals surface area contributed by atoms with Gasteiger partial charge in [0.2, 0.25) is 0 Å². The van der Waals surface area contributed by atoms with Gasteiger partial charge in [-0.1, -0.05) is 26.2 Å². The van der Waals surface area contributed by atoms with Crippen LogP contribution in [0.25, 0.3) is 0 Å². The molecule has 114 valence electrons. The van der Waals surface area contributed by atoms with Gasteiger partial charge in [0.15, 0.2) is 0 Å². The number of aliphatic carboxylic acids is 1. The van der Waals surface area contributed by atoms with Gasteiger partial charge in [-0.2, -0.15) is 0 Å². The Hall–Kier alpha value is -1.26. The molecule has 1 N–H and O–H groups in total. The highest BCUT2D eigenvalue weighted by molar-refractivity contribution is 5.79. The van der Waals surface area contributed by atoms with Crippen LogP contribution in [-0.2, 0) is 4.79 Å². The van der Waals surface area contributed by atoms with Crippen molar-refractivity contribution >= 4 is 12.0 Å². The topological polar surface area (TPSA) is 60.9 Å². The van der Waals surface area contributed by atoms with E-state index in [2.05, 4.69) is 0 Å². The molecule has 5 nitrogen and oxygen atoms in total. The molecule has 1 heterocycles. The molecule has 1 saturated carbocycles. The van der Waals surface area contributed by atoms with Crippen molar-refractivity contribution in [3.8, 4) is 0 Å². The number of nitrogens with zero attached hydrogens (tertiary/aromatic N) is 2. The van der Waals surface area contributed by atoms with Crippen LogP contribution < -0.4 is 0 Å². The fourth-order valence-corrected chi connectivity index (χ4v) is 3.50. The van der Waals surface area contributed by atoms with E-state index in [1.165, 1.54) is 19.3 Å². The molecule has 1 saturated heterocycles. The first-order chi connectivity index (χ1) is 9.50. The molecular formula is C15H26N2O3. The van der Waals surface area contributed by atoms with Crippen LogP contribution >= 0.6 is 0 Å². The molecule has 0 aromatic carbocycles. The lowest BCUT2D eigenvalue weighted by Gasteiger charge is -2.34. The van der Waals surface area contributed by atoms with Crippen LogP contribution in [0.1, 0.15) is 51.9 Å². The molecule has 2 rings (SSSR count). The first kappa shape index (κ1) is 15.1. The Kier molecular flexibility index (Phi) is 4.55. The van der Waals surface area contributed by atoms with Gasteiger partial charge in [0.1, 0.15) is 0 Å². The highest BCUT2D eigenvalue weighted by atomic mass is 16.4. The van der Waals surface area contributed by atoms with Crippen molar-refractivity contribution in [1.29, 1.82) is 0 Å². The van der Waals surface area contributed by atoms with Crippen LogP contribution in [0, 0.1) is 5.41 Å². The minimum absolute atomic E-state index is 0.00785. The van der Waals surface area contributed by atoms with Gasteiger partial charge < -0.3 is 14.9 Å². The van der Waals surface area contributed by atoms with E-state index in [-0.39, 0.29) is 6.03 Å². The lowest BCUT2D eigenvalue weighted by molar-refractivity contribution is -0.148. The zero-order valence-electron chi connectivity index (χ0n) is 12.6. The number of hydrogen-bond donors (Lipinski definition) is 1. The van der Waals surface area contributed by atoms with Crippen molar-refractivity contribution < 1.29 is 14.7 Å². The summed E-state index contributed by atoms with van der Waals surface area (Å²) in [5, 5.41) is 9.40. The monoisotopic (exact) mass is 282 g/mol. The summed E-state index contributed by atoms with van der Waals surface area (Å²) in [6.45, 7) is 2.82. The lowest BCUT2D eigenvalue weighted by Crippen LogP contribution is -2.47. The third-order valence-electron chi connectivity index (χ3n) is 5.18. The second kappa shape index (κ2) is 6.02. The average molecular weight is 282 g/mol. The SMILES string of the molecule is CCC1(C(=O)O)CCN(C(=O)N(C)C2CCCCC2)C1. The van der Waals surface area contributed by atoms with Gasteiger partial charge in [-0.15, -0.1) is 0 Å². The zero-order valence-corrected chi connectivity index (χ0v) is 12.6. The van der Waals surface area contributed by atoms with Crippen LogP contribution in [0.3, 0.4) is 0 Å². The van der Waals surface area contributed by atoms with E-state index in [1.807, 2.05) is 18.9 Å². The molecule has 0 bridgehead atoms.